The maximum absolute atomic E-state index is 12.1. The first-order chi connectivity index (χ1) is 9.76. The summed E-state index contributed by atoms with van der Waals surface area (Å²) in [5.41, 5.74) is 1.70. The van der Waals surface area contributed by atoms with E-state index in [4.69, 9.17) is 4.74 Å². The van der Waals surface area contributed by atoms with Gasteiger partial charge in [-0.3, -0.25) is 4.79 Å². The molecular weight excluding hydrogens is 268 g/mol. The molecule has 2 rings (SSSR count). The Morgan fingerprint density at radius 1 is 1.38 bits per heavy atom. The highest BCUT2D eigenvalue weighted by Gasteiger charge is 2.24. The lowest BCUT2D eigenvalue weighted by molar-refractivity contribution is -0.119. The van der Waals surface area contributed by atoms with Gasteiger partial charge in [-0.25, -0.2) is 4.79 Å². The molecule has 0 spiro atoms. The highest BCUT2D eigenvalue weighted by Crippen LogP contribution is 2.20. The van der Waals surface area contributed by atoms with Gasteiger partial charge in [0.1, 0.15) is 11.6 Å². The number of amides is 1. The van der Waals surface area contributed by atoms with Crippen LogP contribution in [0.1, 0.15) is 43.1 Å². The number of esters is 1. The summed E-state index contributed by atoms with van der Waals surface area (Å²) in [7, 11) is 0. The van der Waals surface area contributed by atoms with Crippen LogP contribution in [0.4, 0.5) is 5.69 Å². The average molecular weight is 290 g/mol. The Bertz CT molecular complexity index is 561. The average Bonchev–Trinajstić information content (AvgIpc) is 2.72. The second kappa shape index (κ2) is 5.76. The molecule has 1 aliphatic heterocycles. The highest BCUT2D eigenvalue weighted by atomic mass is 16.6. The number of carbonyl (C=O) groups excluding carboxylic acids is 2. The molecule has 0 aromatic heterocycles. The van der Waals surface area contributed by atoms with Crippen LogP contribution in [0.15, 0.2) is 18.2 Å². The normalized spacial score (nSPS) is 18.3. The fourth-order valence-electron chi connectivity index (χ4n) is 2.25. The molecule has 1 unspecified atom stereocenters. The third-order valence-corrected chi connectivity index (χ3v) is 3.23. The lowest BCUT2D eigenvalue weighted by Gasteiger charge is -2.20. The maximum Gasteiger partial charge on any atom is 0.338 e. The summed E-state index contributed by atoms with van der Waals surface area (Å²) >= 11 is 0. The molecule has 2 N–H and O–H groups in total. The van der Waals surface area contributed by atoms with E-state index in [2.05, 4.69) is 10.6 Å². The van der Waals surface area contributed by atoms with Crippen molar-refractivity contribution in [2.24, 2.45) is 0 Å². The first-order valence-corrected chi connectivity index (χ1v) is 7.14. The molecule has 21 heavy (non-hydrogen) atoms. The van der Waals surface area contributed by atoms with Crippen LogP contribution in [-0.4, -0.2) is 30.1 Å². The summed E-state index contributed by atoms with van der Waals surface area (Å²) in [5, 5.41) is 5.97. The molecule has 1 amide bonds. The van der Waals surface area contributed by atoms with E-state index in [0.29, 0.717) is 12.1 Å². The number of ether oxygens (including phenoxy) is 1. The summed E-state index contributed by atoms with van der Waals surface area (Å²) < 4.78 is 5.37. The first-order valence-electron chi connectivity index (χ1n) is 7.14. The minimum Gasteiger partial charge on any atom is -0.456 e. The summed E-state index contributed by atoms with van der Waals surface area (Å²) in [6.07, 6.45) is 0.770. The standard InChI is InChI=1S/C16H22N2O3/c1-10-9-11(18-13-7-8-17-14(13)19)5-6-12(10)15(20)21-16(2,3)4/h5-6,9,13,18H,7-8H2,1-4H3,(H,17,19). The Balaban J connectivity index is 2.10. The molecular formula is C16H22N2O3. The van der Waals surface area contributed by atoms with Gasteiger partial charge in [0.25, 0.3) is 0 Å². The number of hydrogen-bond acceptors (Lipinski definition) is 4. The van der Waals surface area contributed by atoms with Gasteiger partial charge in [-0.05, 0) is 57.9 Å². The van der Waals surface area contributed by atoms with Crippen LogP contribution in [-0.2, 0) is 9.53 Å². The van der Waals surface area contributed by atoms with E-state index in [1.54, 1.807) is 12.1 Å². The number of rotatable bonds is 3. The third kappa shape index (κ3) is 3.97. The molecule has 0 aliphatic carbocycles. The summed E-state index contributed by atoms with van der Waals surface area (Å²) in [5.74, 6) is -0.311. The van der Waals surface area contributed by atoms with Gasteiger partial charge in [-0.2, -0.15) is 0 Å². The van der Waals surface area contributed by atoms with Crippen molar-refractivity contribution in [2.75, 3.05) is 11.9 Å². The van der Waals surface area contributed by atoms with Crippen molar-refractivity contribution < 1.29 is 14.3 Å². The lowest BCUT2D eigenvalue weighted by Crippen LogP contribution is -2.29. The van der Waals surface area contributed by atoms with Crippen molar-refractivity contribution in [3.63, 3.8) is 0 Å². The van der Waals surface area contributed by atoms with Gasteiger partial charge in [-0.15, -0.1) is 0 Å². The molecule has 1 aliphatic rings. The smallest absolute Gasteiger partial charge is 0.338 e. The number of carbonyl (C=O) groups is 2. The Morgan fingerprint density at radius 2 is 2.10 bits per heavy atom. The van der Waals surface area contributed by atoms with Crippen LogP contribution >= 0.6 is 0 Å². The second-order valence-electron chi connectivity index (χ2n) is 6.31. The second-order valence-corrected chi connectivity index (χ2v) is 6.31. The van der Waals surface area contributed by atoms with Crippen LogP contribution in [0.25, 0.3) is 0 Å². The van der Waals surface area contributed by atoms with Gasteiger partial charge in [0.15, 0.2) is 0 Å². The van der Waals surface area contributed by atoms with E-state index >= 15 is 0 Å². The Kier molecular flexibility index (Phi) is 4.21. The quantitative estimate of drug-likeness (QED) is 0.838. The summed E-state index contributed by atoms with van der Waals surface area (Å²) in [4.78, 5) is 23.6. The fourth-order valence-corrected chi connectivity index (χ4v) is 2.25. The van der Waals surface area contributed by atoms with E-state index in [1.807, 2.05) is 33.8 Å². The molecule has 1 aromatic rings. The van der Waals surface area contributed by atoms with Gasteiger partial charge in [0.05, 0.1) is 5.56 Å². The predicted molar refractivity (Wildman–Crippen MR) is 81.4 cm³/mol. The maximum atomic E-state index is 12.1. The molecule has 0 saturated carbocycles. The van der Waals surface area contributed by atoms with Crippen LogP contribution in [0.5, 0.6) is 0 Å². The molecule has 1 aromatic carbocycles. The van der Waals surface area contributed by atoms with Crippen molar-refractivity contribution in [2.45, 2.75) is 45.8 Å². The molecule has 0 radical (unpaired) electrons. The van der Waals surface area contributed by atoms with Crippen molar-refractivity contribution in [1.82, 2.24) is 5.32 Å². The van der Waals surface area contributed by atoms with Gasteiger partial charge < -0.3 is 15.4 Å². The molecule has 0 bridgehead atoms. The summed E-state index contributed by atoms with van der Waals surface area (Å²) in [6.45, 7) is 8.09. The van der Waals surface area contributed by atoms with Crippen molar-refractivity contribution in [3.05, 3.63) is 29.3 Å². The van der Waals surface area contributed by atoms with Gasteiger partial charge >= 0.3 is 5.97 Å². The molecule has 1 atom stereocenters. The van der Waals surface area contributed by atoms with Crippen LogP contribution in [0.3, 0.4) is 0 Å². The van der Waals surface area contributed by atoms with Gasteiger partial charge in [0, 0.05) is 12.2 Å². The minimum absolute atomic E-state index is 0.0175. The minimum atomic E-state index is -0.512. The van der Waals surface area contributed by atoms with E-state index < -0.39 is 5.60 Å². The molecule has 1 heterocycles. The fraction of sp³-hybridized carbons (Fsp3) is 0.500. The zero-order valence-electron chi connectivity index (χ0n) is 12.9. The Hall–Kier alpha value is -2.04. The van der Waals surface area contributed by atoms with E-state index in [0.717, 1.165) is 17.7 Å². The summed E-state index contributed by atoms with van der Waals surface area (Å²) in [6, 6.07) is 5.21. The number of benzene rings is 1. The largest absolute Gasteiger partial charge is 0.456 e. The van der Waals surface area contributed by atoms with Gasteiger partial charge in [-0.1, -0.05) is 0 Å². The molecule has 1 saturated heterocycles. The predicted octanol–water partition coefficient (Wildman–Crippen LogP) is 2.25. The highest BCUT2D eigenvalue weighted by molar-refractivity contribution is 5.92. The van der Waals surface area contributed by atoms with Crippen molar-refractivity contribution in [1.29, 1.82) is 0 Å². The monoisotopic (exact) mass is 290 g/mol. The van der Waals surface area contributed by atoms with Crippen LogP contribution in [0.2, 0.25) is 0 Å². The first kappa shape index (κ1) is 15.4. The number of hydrogen-bond donors (Lipinski definition) is 2. The Labute approximate surface area is 125 Å². The van der Waals surface area contributed by atoms with Crippen LogP contribution in [0, 0.1) is 6.92 Å². The Morgan fingerprint density at radius 3 is 2.62 bits per heavy atom. The topological polar surface area (TPSA) is 67.4 Å². The van der Waals surface area contributed by atoms with Gasteiger partial charge in [0.2, 0.25) is 5.91 Å². The SMILES string of the molecule is Cc1cc(NC2CCNC2=O)ccc1C(=O)OC(C)(C)C. The zero-order valence-corrected chi connectivity index (χ0v) is 12.9. The molecule has 5 heteroatoms. The number of aryl methyl sites for hydroxylation is 1. The molecule has 1 fully saturated rings. The van der Waals surface area contributed by atoms with Crippen molar-refractivity contribution >= 4 is 17.6 Å². The molecule has 5 nitrogen and oxygen atoms in total. The van der Waals surface area contributed by atoms with E-state index in [1.165, 1.54) is 0 Å². The zero-order chi connectivity index (χ0) is 15.6. The van der Waals surface area contributed by atoms with E-state index in [9.17, 15) is 9.59 Å². The van der Waals surface area contributed by atoms with Crippen molar-refractivity contribution in [3.8, 4) is 0 Å². The number of nitrogens with one attached hydrogen (secondary N) is 2. The number of anilines is 1. The lowest BCUT2D eigenvalue weighted by atomic mass is 10.1. The van der Waals surface area contributed by atoms with Crippen LogP contribution < -0.4 is 10.6 Å². The van der Waals surface area contributed by atoms with E-state index in [-0.39, 0.29) is 17.9 Å². The third-order valence-electron chi connectivity index (χ3n) is 3.23. The molecule has 114 valence electrons.